The molecule has 1 aromatic rings. The molecule has 1 amide bonds. The topological polar surface area (TPSA) is 86.6 Å². The molecule has 3 unspecified atom stereocenters. The quantitative estimate of drug-likeness (QED) is 0.721. The maximum Gasteiger partial charge on any atom is 0.307 e. The number of rotatable bonds is 6. The van der Waals surface area contributed by atoms with Crippen molar-refractivity contribution in [2.45, 2.75) is 20.0 Å². The van der Waals surface area contributed by atoms with Gasteiger partial charge in [-0.15, -0.1) is 0 Å². The average molecular weight is 265 g/mol. The first-order chi connectivity index (χ1) is 8.93. The summed E-state index contributed by atoms with van der Waals surface area (Å²) in [4.78, 5) is 22.5. The van der Waals surface area contributed by atoms with Crippen LogP contribution in [0.3, 0.4) is 0 Å². The number of hydrogen-bond donors (Lipinski definition) is 3. The highest BCUT2D eigenvalue weighted by molar-refractivity contribution is 5.84. The van der Waals surface area contributed by atoms with E-state index in [0.717, 1.165) is 0 Å². The first kappa shape index (κ1) is 15.2. The van der Waals surface area contributed by atoms with Crippen molar-refractivity contribution in [3.63, 3.8) is 0 Å². The summed E-state index contributed by atoms with van der Waals surface area (Å²) in [6.07, 6.45) is -0.794. The minimum Gasteiger partial charge on any atom is -0.481 e. The largest absolute Gasteiger partial charge is 0.481 e. The molecule has 19 heavy (non-hydrogen) atoms. The molecule has 0 spiro atoms. The summed E-state index contributed by atoms with van der Waals surface area (Å²) in [5.74, 6) is -2.77. The lowest BCUT2D eigenvalue weighted by Crippen LogP contribution is -2.37. The van der Waals surface area contributed by atoms with Crippen LogP contribution in [0, 0.1) is 11.8 Å². The van der Waals surface area contributed by atoms with E-state index < -0.39 is 23.9 Å². The highest BCUT2D eigenvalue weighted by Crippen LogP contribution is 2.13. The molecule has 3 atom stereocenters. The summed E-state index contributed by atoms with van der Waals surface area (Å²) in [5.41, 5.74) is 0.710. The lowest BCUT2D eigenvalue weighted by atomic mass is 9.95. The van der Waals surface area contributed by atoms with Crippen LogP contribution in [0.1, 0.15) is 25.5 Å². The Morgan fingerprint density at radius 3 is 2.26 bits per heavy atom. The van der Waals surface area contributed by atoms with Crippen molar-refractivity contribution in [2.24, 2.45) is 11.8 Å². The van der Waals surface area contributed by atoms with Gasteiger partial charge in [-0.3, -0.25) is 9.59 Å². The molecule has 0 saturated heterocycles. The van der Waals surface area contributed by atoms with Gasteiger partial charge in [-0.1, -0.05) is 44.2 Å². The van der Waals surface area contributed by atoms with Gasteiger partial charge < -0.3 is 15.5 Å². The van der Waals surface area contributed by atoms with Gasteiger partial charge >= 0.3 is 5.97 Å². The van der Waals surface area contributed by atoms with Crippen LogP contribution in [0.4, 0.5) is 0 Å². The smallest absolute Gasteiger partial charge is 0.307 e. The number of carbonyl (C=O) groups is 2. The first-order valence-corrected chi connectivity index (χ1v) is 6.17. The zero-order valence-electron chi connectivity index (χ0n) is 11.0. The molecule has 0 aliphatic carbocycles. The highest BCUT2D eigenvalue weighted by atomic mass is 16.4. The van der Waals surface area contributed by atoms with Crippen molar-refractivity contribution in [1.29, 1.82) is 0 Å². The third kappa shape index (κ3) is 4.37. The number of carbonyl (C=O) groups excluding carboxylic acids is 1. The Kier molecular flexibility index (Phi) is 5.51. The number of aliphatic hydroxyl groups is 1. The molecule has 1 rings (SSSR count). The molecule has 0 bridgehead atoms. The maximum absolute atomic E-state index is 11.7. The van der Waals surface area contributed by atoms with Crippen molar-refractivity contribution in [3.05, 3.63) is 35.9 Å². The fourth-order valence-electron chi connectivity index (χ4n) is 1.59. The molecule has 0 radical (unpaired) electrons. The number of aliphatic hydroxyl groups excluding tert-OH is 1. The van der Waals surface area contributed by atoms with Gasteiger partial charge in [0, 0.05) is 12.5 Å². The number of benzene rings is 1. The van der Waals surface area contributed by atoms with Crippen molar-refractivity contribution >= 4 is 11.9 Å². The summed E-state index contributed by atoms with van der Waals surface area (Å²) in [6, 6.07) is 8.97. The summed E-state index contributed by atoms with van der Waals surface area (Å²) < 4.78 is 0. The van der Waals surface area contributed by atoms with E-state index in [2.05, 4.69) is 5.32 Å². The summed E-state index contributed by atoms with van der Waals surface area (Å²) in [5, 5.41) is 21.3. The summed E-state index contributed by atoms with van der Waals surface area (Å²) in [6.45, 7) is 3.11. The van der Waals surface area contributed by atoms with Crippen molar-refractivity contribution in [2.75, 3.05) is 6.54 Å². The Labute approximate surface area is 112 Å². The molecule has 0 aliphatic rings. The SMILES string of the molecule is CC(C(=O)O)C(C)C(=O)NCC(O)c1ccccc1. The second kappa shape index (κ2) is 6.89. The van der Waals surface area contributed by atoms with E-state index in [1.165, 1.54) is 6.92 Å². The van der Waals surface area contributed by atoms with Crippen molar-refractivity contribution in [1.82, 2.24) is 5.32 Å². The molecule has 0 aliphatic heterocycles. The van der Waals surface area contributed by atoms with Crippen LogP contribution in [0.25, 0.3) is 0 Å². The Balaban J connectivity index is 2.48. The predicted octanol–water partition coefficient (Wildman–Crippen LogP) is 1.19. The van der Waals surface area contributed by atoms with Crippen LogP contribution >= 0.6 is 0 Å². The fraction of sp³-hybridized carbons (Fsp3) is 0.429. The molecule has 0 aromatic heterocycles. The molecule has 104 valence electrons. The van der Waals surface area contributed by atoms with E-state index in [4.69, 9.17) is 5.11 Å². The van der Waals surface area contributed by atoms with E-state index in [-0.39, 0.29) is 12.5 Å². The van der Waals surface area contributed by atoms with Crippen LogP contribution in [0.5, 0.6) is 0 Å². The van der Waals surface area contributed by atoms with Gasteiger partial charge in [-0.05, 0) is 5.56 Å². The fourth-order valence-corrected chi connectivity index (χ4v) is 1.59. The molecule has 0 fully saturated rings. The standard InChI is InChI=1S/C14H19NO4/c1-9(10(2)14(18)19)13(17)15-8-12(16)11-6-4-3-5-7-11/h3-7,9-10,12,16H,8H2,1-2H3,(H,15,17)(H,18,19). The number of aliphatic carboxylic acids is 1. The molecule has 5 nitrogen and oxygen atoms in total. The number of hydrogen-bond acceptors (Lipinski definition) is 3. The maximum atomic E-state index is 11.7. The highest BCUT2D eigenvalue weighted by Gasteiger charge is 2.25. The van der Waals surface area contributed by atoms with E-state index in [9.17, 15) is 14.7 Å². The zero-order valence-corrected chi connectivity index (χ0v) is 11.0. The average Bonchev–Trinajstić information content (AvgIpc) is 2.43. The minimum absolute atomic E-state index is 0.0690. The van der Waals surface area contributed by atoms with Gasteiger partial charge in [-0.25, -0.2) is 0 Å². The lowest BCUT2D eigenvalue weighted by Gasteiger charge is -2.17. The number of amides is 1. The van der Waals surface area contributed by atoms with E-state index in [0.29, 0.717) is 5.56 Å². The first-order valence-electron chi connectivity index (χ1n) is 6.17. The van der Waals surface area contributed by atoms with Gasteiger partial charge in [0.2, 0.25) is 5.91 Å². The van der Waals surface area contributed by atoms with Crippen molar-refractivity contribution in [3.8, 4) is 0 Å². The molecule has 3 N–H and O–H groups in total. The monoisotopic (exact) mass is 265 g/mol. The molecule has 5 heteroatoms. The lowest BCUT2D eigenvalue weighted by molar-refractivity contribution is -0.146. The second-order valence-corrected chi connectivity index (χ2v) is 4.59. The number of carboxylic acids is 1. The third-order valence-electron chi connectivity index (χ3n) is 3.21. The predicted molar refractivity (Wildman–Crippen MR) is 70.4 cm³/mol. The molecule has 0 heterocycles. The van der Waals surface area contributed by atoms with Crippen LogP contribution in [0.15, 0.2) is 30.3 Å². The minimum atomic E-state index is -1.01. The van der Waals surface area contributed by atoms with Crippen LogP contribution in [-0.4, -0.2) is 28.6 Å². The summed E-state index contributed by atoms with van der Waals surface area (Å²) >= 11 is 0. The molecule has 1 aromatic carbocycles. The van der Waals surface area contributed by atoms with Gasteiger partial charge in [0.1, 0.15) is 0 Å². The van der Waals surface area contributed by atoms with E-state index in [1.54, 1.807) is 31.2 Å². The van der Waals surface area contributed by atoms with Crippen LogP contribution < -0.4 is 5.32 Å². The summed E-state index contributed by atoms with van der Waals surface area (Å²) in [7, 11) is 0. The third-order valence-corrected chi connectivity index (χ3v) is 3.21. The van der Waals surface area contributed by atoms with E-state index >= 15 is 0 Å². The van der Waals surface area contributed by atoms with Gasteiger partial charge in [-0.2, -0.15) is 0 Å². The van der Waals surface area contributed by atoms with Gasteiger partial charge in [0.25, 0.3) is 0 Å². The Hall–Kier alpha value is -1.88. The molecular weight excluding hydrogens is 246 g/mol. The second-order valence-electron chi connectivity index (χ2n) is 4.59. The van der Waals surface area contributed by atoms with Crippen LogP contribution in [-0.2, 0) is 9.59 Å². The Morgan fingerprint density at radius 2 is 1.74 bits per heavy atom. The molecular formula is C14H19NO4. The number of carboxylic acid groups (broad SMARTS) is 1. The van der Waals surface area contributed by atoms with Crippen LogP contribution in [0.2, 0.25) is 0 Å². The van der Waals surface area contributed by atoms with Crippen molar-refractivity contribution < 1.29 is 19.8 Å². The van der Waals surface area contributed by atoms with Gasteiger partial charge in [0.15, 0.2) is 0 Å². The van der Waals surface area contributed by atoms with E-state index in [1.807, 2.05) is 6.07 Å². The van der Waals surface area contributed by atoms with Gasteiger partial charge in [0.05, 0.1) is 12.0 Å². The Bertz CT molecular complexity index is 432. The number of nitrogens with one attached hydrogen (secondary N) is 1. The Morgan fingerprint density at radius 1 is 1.16 bits per heavy atom. The normalized spacial score (nSPS) is 15.3. The molecule has 0 saturated carbocycles. The zero-order chi connectivity index (χ0) is 14.4.